The van der Waals surface area contributed by atoms with Crippen LogP contribution < -0.4 is 5.32 Å². The topological polar surface area (TPSA) is 50.2 Å². The fourth-order valence-electron chi connectivity index (χ4n) is 4.16. The number of amides is 1. The first-order valence-corrected chi connectivity index (χ1v) is 10.5. The predicted molar refractivity (Wildman–Crippen MR) is 101 cm³/mol. The second-order valence-corrected chi connectivity index (χ2v) is 8.38. The Morgan fingerprint density at radius 1 is 1.43 bits per heavy atom. The molecule has 2 aliphatic rings. The molecule has 2 aromatic heterocycles. The van der Waals surface area contributed by atoms with Gasteiger partial charge in [0.25, 0.3) is 0 Å². The Hall–Kier alpha value is -2.03. The SMILES string of the molecule is CCCC(=O)N1CCC[C@@H]1c1cc2n(n1)[C@@H](C(F)(F)F)C[C@@H](c1cccs1)N2. The van der Waals surface area contributed by atoms with Gasteiger partial charge >= 0.3 is 6.18 Å². The van der Waals surface area contributed by atoms with Gasteiger partial charge in [0.2, 0.25) is 5.91 Å². The summed E-state index contributed by atoms with van der Waals surface area (Å²) in [6.45, 7) is 2.58. The van der Waals surface area contributed by atoms with Crippen molar-refractivity contribution in [2.24, 2.45) is 0 Å². The molecule has 2 aromatic rings. The van der Waals surface area contributed by atoms with Crippen molar-refractivity contribution in [2.75, 3.05) is 11.9 Å². The van der Waals surface area contributed by atoms with Gasteiger partial charge in [-0.2, -0.15) is 18.3 Å². The molecule has 2 aliphatic heterocycles. The number of rotatable bonds is 4. The quantitative estimate of drug-likeness (QED) is 0.763. The highest BCUT2D eigenvalue weighted by molar-refractivity contribution is 7.10. The van der Waals surface area contributed by atoms with Gasteiger partial charge in [-0.3, -0.25) is 4.79 Å². The van der Waals surface area contributed by atoms with Crippen LogP contribution in [0.1, 0.15) is 67.7 Å². The third-order valence-corrected chi connectivity index (χ3v) is 6.46. The smallest absolute Gasteiger partial charge is 0.363 e. The van der Waals surface area contributed by atoms with Gasteiger partial charge in [-0.25, -0.2) is 4.68 Å². The average Bonchev–Trinajstić information content (AvgIpc) is 3.38. The number of hydrogen-bond acceptors (Lipinski definition) is 4. The van der Waals surface area contributed by atoms with Crippen LogP contribution in [0.3, 0.4) is 0 Å². The maximum atomic E-state index is 13.8. The van der Waals surface area contributed by atoms with E-state index in [0.29, 0.717) is 24.5 Å². The third-order valence-electron chi connectivity index (χ3n) is 5.47. The van der Waals surface area contributed by atoms with Crippen LogP contribution in [0.25, 0.3) is 0 Å². The van der Waals surface area contributed by atoms with Crippen molar-refractivity contribution >= 4 is 23.1 Å². The van der Waals surface area contributed by atoms with Gasteiger partial charge in [0, 0.05) is 30.3 Å². The zero-order chi connectivity index (χ0) is 19.9. The molecule has 0 saturated carbocycles. The molecule has 4 heterocycles. The van der Waals surface area contributed by atoms with Crippen molar-refractivity contribution in [3.63, 3.8) is 0 Å². The zero-order valence-electron chi connectivity index (χ0n) is 15.6. The minimum atomic E-state index is -4.39. The summed E-state index contributed by atoms with van der Waals surface area (Å²) in [5.74, 6) is 0.421. The van der Waals surface area contributed by atoms with Gasteiger partial charge in [-0.1, -0.05) is 13.0 Å². The van der Waals surface area contributed by atoms with E-state index in [9.17, 15) is 18.0 Å². The van der Waals surface area contributed by atoms with Crippen molar-refractivity contribution in [1.82, 2.24) is 14.7 Å². The van der Waals surface area contributed by atoms with Crippen LogP contribution in [0.2, 0.25) is 0 Å². The number of carbonyl (C=O) groups is 1. The summed E-state index contributed by atoms with van der Waals surface area (Å²) in [6, 6.07) is 3.08. The number of nitrogens with zero attached hydrogens (tertiary/aromatic N) is 3. The molecule has 0 aromatic carbocycles. The van der Waals surface area contributed by atoms with E-state index < -0.39 is 18.3 Å². The predicted octanol–water partition coefficient (Wildman–Crippen LogP) is 5.07. The van der Waals surface area contributed by atoms with Gasteiger partial charge in [0.05, 0.1) is 17.8 Å². The first kappa shape index (κ1) is 19.3. The van der Waals surface area contributed by atoms with Crippen LogP contribution in [0.4, 0.5) is 19.0 Å². The largest absolute Gasteiger partial charge is 0.410 e. The Morgan fingerprint density at radius 3 is 2.93 bits per heavy atom. The normalized spacial score (nSPS) is 24.9. The van der Waals surface area contributed by atoms with Gasteiger partial charge in [-0.15, -0.1) is 11.3 Å². The lowest BCUT2D eigenvalue weighted by molar-refractivity contribution is -0.173. The second-order valence-electron chi connectivity index (χ2n) is 7.40. The molecule has 0 spiro atoms. The lowest BCUT2D eigenvalue weighted by Gasteiger charge is -2.32. The number of thiophene rings is 1. The van der Waals surface area contributed by atoms with Gasteiger partial charge in [0.15, 0.2) is 6.04 Å². The van der Waals surface area contributed by atoms with E-state index in [4.69, 9.17) is 0 Å². The van der Waals surface area contributed by atoms with Crippen molar-refractivity contribution < 1.29 is 18.0 Å². The Labute approximate surface area is 165 Å². The van der Waals surface area contributed by atoms with Gasteiger partial charge < -0.3 is 10.2 Å². The van der Waals surface area contributed by atoms with Gasteiger partial charge in [-0.05, 0) is 30.7 Å². The van der Waals surface area contributed by atoms with E-state index >= 15 is 0 Å². The van der Waals surface area contributed by atoms with Crippen molar-refractivity contribution in [2.45, 2.75) is 63.3 Å². The van der Waals surface area contributed by atoms with E-state index in [-0.39, 0.29) is 18.4 Å². The molecule has 5 nitrogen and oxygen atoms in total. The lowest BCUT2D eigenvalue weighted by Crippen LogP contribution is -2.35. The Balaban J connectivity index is 1.66. The number of carbonyl (C=O) groups excluding carboxylic acids is 1. The Bertz CT molecular complexity index is 833. The standard InChI is InChI=1S/C19H23F3N4OS/c1-2-5-18(27)25-8-3-6-14(25)12-11-17-23-13(15-7-4-9-28-15)10-16(19(20,21)22)26(17)24-12/h4,7,9,11,13-14,16,23H,2-3,5-6,8,10H2,1H3/t13-,14+,16+/m0/s1. The first-order chi connectivity index (χ1) is 13.4. The molecule has 1 fully saturated rings. The number of hydrogen-bond donors (Lipinski definition) is 1. The summed E-state index contributed by atoms with van der Waals surface area (Å²) < 4.78 is 42.4. The molecular weight excluding hydrogens is 389 g/mol. The zero-order valence-corrected chi connectivity index (χ0v) is 16.4. The third kappa shape index (κ3) is 3.52. The van der Waals surface area contributed by atoms with E-state index in [2.05, 4.69) is 10.4 Å². The molecule has 1 saturated heterocycles. The summed E-state index contributed by atoms with van der Waals surface area (Å²) >= 11 is 1.45. The molecule has 0 unspecified atom stereocenters. The molecule has 9 heteroatoms. The van der Waals surface area contributed by atoms with Crippen molar-refractivity contribution in [3.05, 3.63) is 34.2 Å². The highest BCUT2D eigenvalue weighted by atomic mass is 32.1. The first-order valence-electron chi connectivity index (χ1n) is 9.64. The van der Waals surface area contributed by atoms with E-state index in [1.54, 1.807) is 11.0 Å². The average molecular weight is 412 g/mol. The lowest BCUT2D eigenvalue weighted by atomic mass is 10.0. The fourth-order valence-corrected chi connectivity index (χ4v) is 4.95. The molecule has 1 amide bonds. The molecule has 0 radical (unpaired) electrons. The summed E-state index contributed by atoms with van der Waals surface area (Å²) in [4.78, 5) is 15.1. The fraction of sp³-hybridized carbons (Fsp3) is 0.579. The van der Waals surface area contributed by atoms with Crippen LogP contribution in [-0.2, 0) is 4.79 Å². The number of fused-ring (bicyclic) bond motifs is 1. The number of likely N-dealkylation sites (tertiary alicyclic amines) is 1. The molecule has 152 valence electrons. The highest BCUT2D eigenvalue weighted by Gasteiger charge is 2.47. The second kappa shape index (κ2) is 7.42. The number of alkyl halides is 3. The molecule has 28 heavy (non-hydrogen) atoms. The Kier molecular flexibility index (Phi) is 5.11. The van der Waals surface area contributed by atoms with Crippen LogP contribution in [0.5, 0.6) is 0 Å². The minimum Gasteiger partial charge on any atom is -0.363 e. The van der Waals surface area contributed by atoms with Crippen molar-refractivity contribution in [1.29, 1.82) is 0 Å². The maximum absolute atomic E-state index is 13.8. The van der Waals surface area contributed by atoms with Crippen LogP contribution in [-0.4, -0.2) is 33.3 Å². The summed E-state index contributed by atoms with van der Waals surface area (Å²) in [7, 11) is 0. The highest BCUT2D eigenvalue weighted by Crippen LogP contribution is 2.45. The number of halogens is 3. The Morgan fingerprint density at radius 2 is 2.25 bits per heavy atom. The summed E-state index contributed by atoms with van der Waals surface area (Å²) in [5.41, 5.74) is 0.547. The minimum absolute atomic E-state index is 0.0489. The molecule has 4 rings (SSSR count). The molecule has 0 bridgehead atoms. The number of aromatic nitrogens is 2. The van der Waals surface area contributed by atoms with E-state index in [1.807, 2.05) is 24.4 Å². The van der Waals surface area contributed by atoms with Crippen LogP contribution in [0, 0.1) is 0 Å². The summed E-state index contributed by atoms with van der Waals surface area (Å²) in [6.07, 6.45) is -1.70. The monoisotopic (exact) mass is 412 g/mol. The van der Waals surface area contributed by atoms with E-state index in [0.717, 1.165) is 28.8 Å². The van der Waals surface area contributed by atoms with Crippen molar-refractivity contribution in [3.8, 4) is 0 Å². The van der Waals surface area contributed by atoms with Gasteiger partial charge in [0.1, 0.15) is 5.82 Å². The van der Waals surface area contributed by atoms with Crippen LogP contribution in [0.15, 0.2) is 23.6 Å². The molecule has 1 N–H and O–H groups in total. The van der Waals surface area contributed by atoms with Crippen LogP contribution >= 0.6 is 11.3 Å². The maximum Gasteiger partial charge on any atom is 0.410 e. The van der Waals surface area contributed by atoms with E-state index in [1.165, 1.54) is 11.3 Å². The molecule has 3 atom stereocenters. The summed E-state index contributed by atoms with van der Waals surface area (Å²) in [5, 5.41) is 9.42. The number of anilines is 1. The number of nitrogens with one attached hydrogen (secondary N) is 1. The molecule has 0 aliphatic carbocycles. The molecular formula is C19H23F3N4OS.